The van der Waals surface area contributed by atoms with E-state index in [-0.39, 0.29) is 5.56 Å². The highest BCUT2D eigenvalue weighted by Crippen LogP contribution is 2.20. The molecule has 0 aliphatic rings. The molecule has 0 spiro atoms. The predicted molar refractivity (Wildman–Crippen MR) is 80.1 cm³/mol. The highest BCUT2D eigenvalue weighted by Gasteiger charge is 2.13. The van der Waals surface area contributed by atoms with Crippen LogP contribution in [0.3, 0.4) is 0 Å². The first-order valence-corrected chi connectivity index (χ1v) is 6.75. The van der Waals surface area contributed by atoms with Crippen LogP contribution in [-0.2, 0) is 0 Å². The molecule has 1 aromatic carbocycles. The van der Waals surface area contributed by atoms with E-state index < -0.39 is 0 Å². The molecule has 0 atom stereocenters. The number of nitrogens with zero attached hydrogens (tertiary/aromatic N) is 2. The number of nitrogens with one attached hydrogen (secondary N) is 1. The van der Waals surface area contributed by atoms with Crippen molar-refractivity contribution < 1.29 is 0 Å². The maximum atomic E-state index is 12.5. The van der Waals surface area contributed by atoms with Crippen LogP contribution in [0.2, 0.25) is 0 Å². The Kier molecular flexibility index (Phi) is 2.93. The summed E-state index contributed by atoms with van der Waals surface area (Å²) in [6, 6.07) is 11.8. The van der Waals surface area contributed by atoms with Crippen LogP contribution >= 0.6 is 0 Å². The molecule has 0 aliphatic carbocycles. The zero-order valence-corrected chi connectivity index (χ0v) is 11.8. The van der Waals surface area contributed by atoms with Crippen LogP contribution in [0.25, 0.3) is 16.9 Å². The number of hydrogen-bond donors (Lipinski definition) is 1. The van der Waals surface area contributed by atoms with Crippen molar-refractivity contribution >= 4 is 5.65 Å². The fraction of sp³-hybridized carbons (Fsp3) is 0.250. The number of H-pyrrole nitrogens is 1. The van der Waals surface area contributed by atoms with Gasteiger partial charge in [0.2, 0.25) is 0 Å². The molecular formula is C16H17N3O. The van der Waals surface area contributed by atoms with E-state index in [2.05, 4.69) is 23.9 Å². The molecule has 2 aromatic heterocycles. The van der Waals surface area contributed by atoms with Gasteiger partial charge in [0.15, 0.2) is 5.65 Å². The molecule has 3 aromatic rings. The fourth-order valence-electron chi connectivity index (χ4n) is 2.30. The van der Waals surface area contributed by atoms with Crippen LogP contribution < -0.4 is 5.56 Å². The van der Waals surface area contributed by atoms with E-state index in [0.29, 0.717) is 17.1 Å². The summed E-state index contributed by atoms with van der Waals surface area (Å²) in [5, 5.41) is 3.12. The van der Waals surface area contributed by atoms with Crippen LogP contribution in [0.15, 0.2) is 41.2 Å². The third-order valence-electron chi connectivity index (χ3n) is 3.53. The molecule has 4 heteroatoms. The number of benzene rings is 1. The number of fused-ring (bicyclic) bond motifs is 1. The Morgan fingerprint density at radius 2 is 1.90 bits per heavy atom. The second-order valence-corrected chi connectivity index (χ2v) is 5.32. The standard InChI is InChI=1S/C16H17N3O/c1-10(2)13-9-14-17-15(12-7-5-4-6-8-12)11(3)16(20)19(14)18-13/h4-10,18H,1-3H3. The Morgan fingerprint density at radius 3 is 2.55 bits per heavy atom. The third kappa shape index (κ3) is 1.93. The van der Waals surface area contributed by atoms with Crippen LogP contribution in [0.1, 0.15) is 31.0 Å². The third-order valence-corrected chi connectivity index (χ3v) is 3.53. The van der Waals surface area contributed by atoms with Gasteiger partial charge in [0.1, 0.15) is 0 Å². The van der Waals surface area contributed by atoms with Crippen molar-refractivity contribution in [3.05, 3.63) is 58.0 Å². The molecule has 0 amide bonds. The summed E-state index contributed by atoms with van der Waals surface area (Å²) in [5.74, 6) is 0.330. The lowest BCUT2D eigenvalue weighted by Gasteiger charge is -2.05. The van der Waals surface area contributed by atoms with Gasteiger partial charge in [-0.3, -0.25) is 9.89 Å². The Morgan fingerprint density at radius 1 is 1.20 bits per heavy atom. The quantitative estimate of drug-likeness (QED) is 0.775. The number of aromatic amines is 1. The Balaban J connectivity index is 2.30. The molecule has 0 saturated heterocycles. The van der Waals surface area contributed by atoms with Gasteiger partial charge in [-0.1, -0.05) is 44.2 Å². The maximum absolute atomic E-state index is 12.5. The Bertz CT molecular complexity index is 813. The van der Waals surface area contributed by atoms with E-state index in [0.717, 1.165) is 17.0 Å². The Hall–Kier alpha value is -2.36. The number of rotatable bonds is 2. The lowest BCUT2D eigenvalue weighted by atomic mass is 10.1. The molecule has 4 nitrogen and oxygen atoms in total. The van der Waals surface area contributed by atoms with E-state index in [1.165, 1.54) is 4.52 Å². The minimum atomic E-state index is -0.0410. The van der Waals surface area contributed by atoms with E-state index in [1.807, 2.05) is 43.3 Å². The van der Waals surface area contributed by atoms with Crippen molar-refractivity contribution in [2.24, 2.45) is 0 Å². The van der Waals surface area contributed by atoms with E-state index >= 15 is 0 Å². The van der Waals surface area contributed by atoms with Gasteiger partial charge in [-0.25, -0.2) is 9.50 Å². The lowest BCUT2D eigenvalue weighted by molar-refractivity contribution is 0.774. The molecule has 0 radical (unpaired) electrons. The summed E-state index contributed by atoms with van der Waals surface area (Å²) in [7, 11) is 0. The van der Waals surface area contributed by atoms with Crippen molar-refractivity contribution in [2.75, 3.05) is 0 Å². The van der Waals surface area contributed by atoms with Gasteiger partial charge in [-0.2, -0.15) is 0 Å². The summed E-state index contributed by atoms with van der Waals surface area (Å²) >= 11 is 0. The van der Waals surface area contributed by atoms with Gasteiger partial charge in [0.25, 0.3) is 5.56 Å². The second kappa shape index (κ2) is 4.63. The van der Waals surface area contributed by atoms with Crippen molar-refractivity contribution in [1.82, 2.24) is 14.6 Å². The van der Waals surface area contributed by atoms with Gasteiger partial charge in [-0.05, 0) is 12.8 Å². The SMILES string of the molecule is Cc1c(-c2ccccc2)nc2cc(C(C)C)[nH]n2c1=O. The number of aromatic nitrogens is 3. The zero-order valence-electron chi connectivity index (χ0n) is 11.8. The Labute approximate surface area is 117 Å². The molecule has 0 fully saturated rings. The first-order valence-electron chi connectivity index (χ1n) is 6.75. The second-order valence-electron chi connectivity index (χ2n) is 5.32. The molecule has 2 heterocycles. The lowest BCUT2D eigenvalue weighted by Crippen LogP contribution is -2.19. The van der Waals surface area contributed by atoms with Crippen LogP contribution in [-0.4, -0.2) is 14.6 Å². The molecule has 0 bridgehead atoms. The summed E-state index contributed by atoms with van der Waals surface area (Å²) < 4.78 is 1.52. The van der Waals surface area contributed by atoms with Gasteiger partial charge < -0.3 is 0 Å². The summed E-state index contributed by atoms with van der Waals surface area (Å²) in [4.78, 5) is 17.1. The highest BCUT2D eigenvalue weighted by atomic mass is 16.1. The molecule has 0 saturated carbocycles. The van der Waals surface area contributed by atoms with Crippen LogP contribution in [0, 0.1) is 6.92 Å². The summed E-state index contributed by atoms with van der Waals surface area (Å²) in [6.45, 7) is 5.99. The average molecular weight is 267 g/mol. The van der Waals surface area contributed by atoms with Crippen molar-refractivity contribution in [2.45, 2.75) is 26.7 Å². The normalized spacial score (nSPS) is 11.4. The zero-order chi connectivity index (χ0) is 14.3. The highest BCUT2D eigenvalue weighted by molar-refractivity contribution is 5.64. The van der Waals surface area contributed by atoms with Crippen molar-refractivity contribution in [3.8, 4) is 11.3 Å². The van der Waals surface area contributed by atoms with E-state index in [4.69, 9.17) is 0 Å². The van der Waals surface area contributed by atoms with Gasteiger partial charge in [-0.15, -0.1) is 0 Å². The fourth-order valence-corrected chi connectivity index (χ4v) is 2.30. The molecule has 3 rings (SSSR count). The van der Waals surface area contributed by atoms with Crippen molar-refractivity contribution in [1.29, 1.82) is 0 Å². The average Bonchev–Trinajstić information content (AvgIpc) is 2.88. The minimum absolute atomic E-state index is 0.0410. The molecular weight excluding hydrogens is 250 g/mol. The number of hydrogen-bond acceptors (Lipinski definition) is 2. The first-order chi connectivity index (χ1) is 9.58. The topological polar surface area (TPSA) is 50.2 Å². The molecule has 0 unspecified atom stereocenters. The van der Waals surface area contributed by atoms with Crippen molar-refractivity contribution in [3.63, 3.8) is 0 Å². The van der Waals surface area contributed by atoms with Gasteiger partial charge >= 0.3 is 0 Å². The van der Waals surface area contributed by atoms with Gasteiger partial charge in [0, 0.05) is 22.9 Å². The van der Waals surface area contributed by atoms with Crippen LogP contribution in [0.5, 0.6) is 0 Å². The molecule has 1 N–H and O–H groups in total. The molecule has 0 aliphatic heterocycles. The van der Waals surface area contributed by atoms with E-state index in [9.17, 15) is 4.79 Å². The van der Waals surface area contributed by atoms with E-state index in [1.54, 1.807) is 0 Å². The summed E-state index contributed by atoms with van der Waals surface area (Å²) in [5.41, 5.74) is 4.02. The molecule has 20 heavy (non-hydrogen) atoms. The monoisotopic (exact) mass is 267 g/mol. The maximum Gasteiger partial charge on any atom is 0.276 e. The molecule has 102 valence electrons. The summed E-state index contributed by atoms with van der Waals surface area (Å²) in [6.07, 6.45) is 0. The first kappa shape index (κ1) is 12.7. The van der Waals surface area contributed by atoms with Gasteiger partial charge in [0.05, 0.1) is 5.69 Å². The minimum Gasteiger partial charge on any atom is -0.293 e. The largest absolute Gasteiger partial charge is 0.293 e. The smallest absolute Gasteiger partial charge is 0.276 e. The predicted octanol–water partition coefficient (Wildman–Crippen LogP) is 3.12. The van der Waals surface area contributed by atoms with Crippen LogP contribution in [0.4, 0.5) is 0 Å².